The van der Waals surface area contributed by atoms with Crippen molar-refractivity contribution in [1.82, 2.24) is 29.4 Å². The van der Waals surface area contributed by atoms with Gasteiger partial charge >= 0.3 is 6.03 Å². The van der Waals surface area contributed by atoms with E-state index in [0.29, 0.717) is 23.3 Å². The maximum atomic E-state index is 12.5. The van der Waals surface area contributed by atoms with Gasteiger partial charge in [0.25, 0.3) is 0 Å². The third kappa shape index (κ3) is 5.79. The molecule has 6 heterocycles. The minimum atomic E-state index is -0.392. The SMILES string of the molecule is CC(C)(C)c1cc(NC(=O)Nc2ccc(-c3cn4c(n3)sc3nc(N5CCC(N6CCOCC6)CC5)ncc34)cc2)no1. The molecule has 0 bridgehead atoms. The van der Waals surface area contributed by atoms with Gasteiger partial charge < -0.3 is 19.5 Å². The minimum Gasteiger partial charge on any atom is -0.379 e. The number of anilines is 3. The van der Waals surface area contributed by atoms with E-state index >= 15 is 0 Å². The van der Waals surface area contributed by atoms with Gasteiger partial charge in [0.2, 0.25) is 5.95 Å². The highest BCUT2D eigenvalue weighted by atomic mass is 32.1. The van der Waals surface area contributed by atoms with Crippen molar-refractivity contribution < 1.29 is 14.1 Å². The summed E-state index contributed by atoms with van der Waals surface area (Å²) in [6, 6.07) is 9.54. The third-order valence-electron chi connectivity index (χ3n) is 8.08. The fourth-order valence-corrected chi connectivity index (χ4v) is 6.59. The zero-order valence-electron chi connectivity index (χ0n) is 24.5. The lowest BCUT2D eigenvalue weighted by Crippen LogP contribution is -2.49. The molecule has 4 aromatic heterocycles. The van der Waals surface area contributed by atoms with E-state index in [1.165, 1.54) is 0 Å². The second-order valence-electron chi connectivity index (χ2n) is 12.1. The van der Waals surface area contributed by atoms with Crippen molar-refractivity contribution in [2.45, 2.75) is 45.1 Å². The Hall–Kier alpha value is -4.07. The second-order valence-corrected chi connectivity index (χ2v) is 13.0. The van der Waals surface area contributed by atoms with Crippen molar-refractivity contribution in [3.05, 3.63) is 48.5 Å². The van der Waals surface area contributed by atoms with E-state index in [1.54, 1.807) is 17.4 Å². The van der Waals surface area contributed by atoms with E-state index in [9.17, 15) is 4.79 Å². The molecular weight excluding hydrogens is 566 g/mol. The monoisotopic (exact) mass is 601 g/mol. The highest BCUT2D eigenvalue weighted by Gasteiger charge is 2.27. The lowest BCUT2D eigenvalue weighted by atomic mass is 9.93. The van der Waals surface area contributed by atoms with Crippen molar-refractivity contribution in [3.63, 3.8) is 0 Å². The summed E-state index contributed by atoms with van der Waals surface area (Å²) in [5.74, 6) is 1.86. The number of ether oxygens (including phenoxy) is 1. The Bertz CT molecular complexity index is 1740. The van der Waals surface area contributed by atoms with E-state index in [0.717, 1.165) is 84.7 Å². The molecule has 0 saturated carbocycles. The molecule has 2 amide bonds. The molecule has 2 N–H and O–H groups in total. The van der Waals surface area contributed by atoms with Crippen LogP contribution < -0.4 is 15.5 Å². The maximum absolute atomic E-state index is 12.5. The van der Waals surface area contributed by atoms with Gasteiger partial charge in [0, 0.05) is 61.1 Å². The highest BCUT2D eigenvalue weighted by molar-refractivity contribution is 7.23. The van der Waals surface area contributed by atoms with Crippen molar-refractivity contribution in [1.29, 1.82) is 0 Å². The average molecular weight is 602 g/mol. The molecule has 1 aromatic carbocycles. The number of nitrogens with one attached hydrogen (secondary N) is 2. The summed E-state index contributed by atoms with van der Waals surface area (Å²) in [6.07, 6.45) is 6.16. The van der Waals surface area contributed by atoms with Crippen molar-refractivity contribution in [2.24, 2.45) is 0 Å². The summed E-state index contributed by atoms with van der Waals surface area (Å²) in [5, 5.41) is 9.47. The van der Waals surface area contributed by atoms with Gasteiger partial charge in [-0.1, -0.05) is 49.4 Å². The summed E-state index contributed by atoms with van der Waals surface area (Å²) in [5.41, 5.74) is 3.20. The van der Waals surface area contributed by atoms with Gasteiger partial charge in [-0.3, -0.25) is 14.6 Å². The lowest BCUT2D eigenvalue weighted by Gasteiger charge is -2.40. The number of urea groups is 1. The van der Waals surface area contributed by atoms with Crippen molar-refractivity contribution >= 4 is 50.1 Å². The van der Waals surface area contributed by atoms with E-state index < -0.39 is 6.03 Å². The summed E-state index contributed by atoms with van der Waals surface area (Å²) in [4.78, 5) is 33.6. The molecule has 2 saturated heterocycles. The number of carbonyl (C=O) groups excluding carboxylic acids is 1. The standard InChI is InChI=1S/C30H35N9O3S/c1-30(2,3)24-16-25(36-42-24)34-28(40)32-20-6-4-19(5-7-20)22-18-39-23-17-31-27(35-26(23)43-29(39)33-22)38-10-8-21(9-11-38)37-12-14-41-15-13-37/h4-7,16-18,21H,8-15H2,1-3H3,(H2,32,34,36,40). The Morgan fingerprint density at radius 1 is 1.02 bits per heavy atom. The summed E-state index contributed by atoms with van der Waals surface area (Å²) < 4.78 is 12.9. The molecule has 0 spiro atoms. The summed E-state index contributed by atoms with van der Waals surface area (Å²) in [6.45, 7) is 11.7. The minimum absolute atomic E-state index is 0.190. The number of nitrogens with zero attached hydrogens (tertiary/aromatic N) is 7. The van der Waals surface area contributed by atoms with Crippen LogP contribution in [0.15, 0.2) is 47.2 Å². The fraction of sp³-hybridized carbons (Fsp3) is 0.433. The highest BCUT2D eigenvalue weighted by Crippen LogP contribution is 2.31. The Kier molecular flexibility index (Phi) is 7.23. The lowest BCUT2D eigenvalue weighted by molar-refractivity contribution is 0.0114. The molecule has 224 valence electrons. The number of hydrogen-bond donors (Lipinski definition) is 2. The van der Waals surface area contributed by atoms with Gasteiger partial charge in [-0.05, 0) is 25.0 Å². The Balaban J connectivity index is 0.994. The average Bonchev–Trinajstić information content (AvgIpc) is 3.73. The molecule has 2 fully saturated rings. The Labute approximate surface area is 253 Å². The first-order valence-electron chi connectivity index (χ1n) is 14.7. The predicted molar refractivity (Wildman–Crippen MR) is 167 cm³/mol. The quantitative estimate of drug-likeness (QED) is 0.278. The second kappa shape index (κ2) is 11.2. The van der Waals surface area contributed by atoms with Crippen LogP contribution in [0.5, 0.6) is 0 Å². The zero-order valence-corrected chi connectivity index (χ0v) is 25.4. The number of amides is 2. The molecule has 13 heteroatoms. The number of rotatable bonds is 5. The van der Waals surface area contributed by atoms with Crippen LogP contribution in [-0.2, 0) is 10.2 Å². The van der Waals surface area contributed by atoms with Crippen LogP contribution in [-0.4, -0.2) is 80.9 Å². The van der Waals surface area contributed by atoms with Crippen molar-refractivity contribution in [2.75, 3.05) is 54.9 Å². The van der Waals surface area contributed by atoms with E-state index in [1.807, 2.05) is 61.8 Å². The molecule has 7 rings (SSSR count). The van der Waals surface area contributed by atoms with Crippen LogP contribution in [0.3, 0.4) is 0 Å². The van der Waals surface area contributed by atoms with Gasteiger partial charge in [-0.15, -0.1) is 0 Å². The summed E-state index contributed by atoms with van der Waals surface area (Å²) in [7, 11) is 0. The number of thiazole rings is 1. The molecule has 0 unspecified atom stereocenters. The normalized spacial score (nSPS) is 17.1. The van der Waals surface area contributed by atoms with Crippen LogP contribution in [0.2, 0.25) is 0 Å². The van der Waals surface area contributed by atoms with Crippen LogP contribution in [0.4, 0.5) is 22.2 Å². The van der Waals surface area contributed by atoms with Crippen LogP contribution in [0.1, 0.15) is 39.4 Å². The molecule has 0 atom stereocenters. The van der Waals surface area contributed by atoms with Gasteiger partial charge in [0.15, 0.2) is 10.8 Å². The number of benzene rings is 1. The maximum Gasteiger partial charge on any atom is 0.324 e. The number of piperidine rings is 1. The molecule has 0 radical (unpaired) electrons. The molecular formula is C30H35N9O3S. The largest absolute Gasteiger partial charge is 0.379 e. The van der Waals surface area contributed by atoms with Crippen LogP contribution in [0, 0.1) is 0 Å². The van der Waals surface area contributed by atoms with Gasteiger partial charge in [-0.2, -0.15) is 0 Å². The van der Waals surface area contributed by atoms with Gasteiger partial charge in [0.1, 0.15) is 16.1 Å². The fourth-order valence-electron chi connectivity index (χ4n) is 5.64. The first kappa shape index (κ1) is 27.7. The number of hydrogen-bond acceptors (Lipinski definition) is 10. The molecule has 2 aliphatic rings. The van der Waals surface area contributed by atoms with Crippen molar-refractivity contribution in [3.8, 4) is 11.3 Å². The first-order valence-corrected chi connectivity index (χ1v) is 15.5. The number of imidazole rings is 1. The van der Waals surface area contributed by atoms with Gasteiger partial charge in [-0.25, -0.2) is 19.7 Å². The molecule has 0 aliphatic carbocycles. The molecule has 12 nitrogen and oxygen atoms in total. The molecule has 5 aromatic rings. The molecule has 43 heavy (non-hydrogen) atoms. The Morgan fingerprint density at radius 2 is 1.79 bits per heavy atom. The van der Waals surface area contributed by atoms with Crippen LogP contribution in [0.25, 0.3) is 26.6 Å². The molecule has 2 aliphatic heterocycles. The predicted octanol–water partition coefficient (Wildman–Crippen LogP) is 5.24. The van der Waals surface area contributed by atoms with Gasteiger partial charge in [0.05, 0.1) is 25.1 Å². The topological polar surface area (TPSA) is 126 Å². The number of aromatic nitrogens is 5. The van der Waals surface area contributed by atoms with E-state index in [2.05, 4.69) is 25.6 Å². The van der Waals surface area contributed by atoms with Crippen LogP contribution >= 0.6 is 11.3 Å². The first-order chi connectivity index (χ1) is 20.8. The number of fused-ring (bicyclic) bond motifs is 3. The van der Waals surface area contributed by atoms with E-state index in [4.69, 9.17) is 24.2 Å². The zero-order chi connectivity index (χ0) is 29.6. The van der Waals surface area contributed by atoms with E-state index in [-0.39, 0.29) is 5.41 Å². The number of carbonyl (C=O) groups is 1. The Morgan fingerprint density at radius 3 is 2.51 bits per heavy atom. The number of morpholine rings is 1. The third-order valence-corrected chi connectivity index (χ3v) is 9.05. The summed E-state index contributed by atoms with van der Waals surface area (Å²) >= 11 is 1.57. The smallest absolute Gasteiger partial charge is 0.324 e.